The van der Waals surface area contributed by atoms with Gasteiger partial charge in [0.2, 0.25) is 20.6 Å². The number of rotatable bonds is 2. The summed E-state index contributed by atoms with van der Waals surface area (Å²) in [5.41, 5.74) is 1.46. The van der Waals surface area contributed by atoms with Crippen LogP contribution in [0, 0.1) is 11.2 Å². The Morgan fingerprint density at radius 2 is 2.14 bits per heavy atom. The Kier molecular flexibility index (Phi) is 5.00. The molecule has 35 heavy (non-hydrogen) atoms. The lowest BCUT2D eigenvalue weighted by molar-refractivity contribution is -0.0522. The lowest BCUT2D eigenvalue weighted by Crippen LogP contribution is -2.67. The van der Waals surface area contributed by atoms with Gasteiger partial charge < -0.3 is 14.2 Å². The minimum absolute atomic E-state index is 0.00945. The van der Waals surface area contributed by atoms with E-state index in [0.29, 0.717) is 37.3 Å². The molecule has 3 aliphatic rings. The van der Waals surface area contributed by atoms with Crippen molar-refractivity contribution < 1.29 is 22.1 Å². The summed E-state index contributed by atoms with van der Waals surface area (Å²) in [6.45, 7) is 5.79. The van der Waals surface area contributed by atoms with E-state index in [2.05, 4.69) is 30.3 Å². The lowest BCUT2D eigenvalue weighted by atomic mass is 9.68. The van der Waals surface area contributed by atoms with Crippen molar-refractivity contribution in [3.8, 4) is 11.4 Å². The van der Waals surface area contributed by atoms with Crippen molar-refractivity contribution in [2.45, 2.75) is 43.7 Å². The number of aliphatic imine (C=N–C) groups is 1. The molecule has 0 saturated carbocycles. The van der Waals surface area contributed by atoms with E-state index in [-0.39, 0.29) is 45.8 Å². The summed E-state index contributed by atoms with van der Waals surface area (Å²) in [7, 11) is -3.63. The normalized spacial score (nSPS) is 28.3. The van der Waals surface area contributed by atoms with Crippen LogP contribution in [0.1, 0.15) is 19.4 Å². The molecule has 3 aliphatic heterocycles. The predicted molar refractivity (Wildman–Crippen MR) is 127 cm³/mol. The van der Waals surface area contributed by atoms with Crippen LogP contribution in [0.2, 0.25) is 0 Å². The molecule has 10 nitrogen and oxygen atoms in total. The number of halogens is 1. The molecule has 12 heteroatoms. The first-order valence-electron chi connectivity index (χ1n) is 11.5. The van der Waals surface area contributed by atoms with E-state index in [1.807, 2.05) is 26.1 Å². The van der Waals surface area contributed by atoms with Gasteiger partial charge in [0.15, 0.2) is 5.82 Å². The van der Waals surface area contributed by atoms with E-state index in [4.69, 9.17) is 9.26 Å². The van der Waals surface area contributed by atoms with Gasteiger partial charge >= 0.3 is 0 Å². The van der Waals surface area contributed by atoms with Crippen molar-refractivity contribution in [1.82, 2.24) is 20.4 Å². The number of morpholine rings is 1. The van der Waals surface area contributed by atoms with E-state index < -0.39 is 15.7 Å². The van der Waals surface area contributed by atoms with Crippen LogP contribution in [0.5, 0.6) is 0 Å². The first kappa shape index (κ1) is 22.5. The standard InChI is InChI=1S/C23H25FN6O4S/c1-12-8-30-19-14(7-23(9-25-11-26-10-23)21(30)13(2)33-12)6-15-18(29-34-20(15)17(19)24)16-4-5-27-22(28-16)35(3,31)32/h4-6,9,12-13,21,26H,7-8,10-11H2,1-3H3/t12-,13+,21-,23?/m1/s1. The molecule has 6 rings (SSSR count). The number of anilines is 1. The molecule has 0 radical (unpaired) electrons. The summed E-state index contributed by atoms with van der Waals surface area (Å²) in [5.74, 6) is -0.490. The van der Waals surface area contributed by atoms with Gasteiger partial charge in [0.05, 0.1) is 41.7 Å². The van der Waals surface area contributed by atoms with Gasteiger partial charge in [-0.25, -0.2) is 22.8 Å². The zero-order chi connectivity index (χ0) is 24.5. The van der Waals surface area contributed by atoms with E-state index in [1.54, 1.807) is 0 Å². The number of benzene rings is 1. The van der Waals surface area contributed by atoms with Crippen LogP contribution in [0.25, 0.3) is 22.4 Å². The van der Waals surface area contributed by atoms with Crippen molar-refractivity contribution in [3.05, 3.63) is 29.7 Å². The average Bonchev–Trinajstić information content (AvgIpc) is 3.23. The molecule has 1 spiro atoms. The van der Waals surface area contributed by atoms with Gasteiger partial charge in [-0.2, -0.15) is 0 Å². The van der Waals surface area contributed by atoms with Gasteiger partial charge in [-0.15, -0.1) is 0 Å². The number of hydrogen-bond donors (Lipinski definition) is 1. The number of ether oxygens (including phenoxy) is 1. The summed E-state index contributed by atoms with van der Waals surface area (Å²) in [6.07, 6.45) is 4.72. The molecule has 0 bridgehead atoms. The largest absolute Gasteiger partial charge is 0.372 e. The van der Waals surface area contributed by atoms with Crippen LogP contribution in [-0.2, 0) is 21.0 Å². The summed E-state index contributed by atoms with van der Waals surface area (Å²) < 4.78 is 51.7. The molecule has 2 aromatic heterocycles. The molecule has 1 unspecified atom stereocenters. The molecule has 5 heterocycles. The van der Waals surface area contributed by atoms with Crippen molar-refractivity contribution in [2.24, 2.45) is 10.4 Å². The topological polar surface area (TPSA) is 123 Å². The summed E-state index contributed by atoms with van der Waals surface area (Å²) in [6, 6.07) is 3.31. The number of hydrogen-bond acceptors (Lipinski definition) is 10. The molecular formula is C23H25FN6O4S. The fraction of sp³-hybridized carbons (Fsp3) is 0.478. The second-order valence-electron chi connectivity index (χ2n) is 9.66. The smallest absolute Gasteiger partial charge is 0.247 e. The fourth-order valence-corrected chi connectivity index (χ4v) is 6.39. The van der Waals surface area contributed by atoms with Crippen LogP contribution in [0.15, 0.2) is 33.0 Å². The SMILES string of the molecule is C[C@@H]1CN2c3c(cc4c(-c5ccnc(S(C)(=O)=O)n5)noc4c3F)CC3(C=NCNC3)[C@H]2[C@H](C)O1. The summed E-state index contributed by atoms with van der Waals surface area (Å²) in [5, 5.41) is 7.55. The maximum absolute atomic E-state index is 16.1. The molecule has 0 amide bonds. The fourth-order valence-electron chi connectivity index (χ4n) is 5.87. The third-order valence-electron chi connectivity index (χ3n) is 7.05. The number of nitrogens with one attached hydrogen (secondary N) is 1. The predicted octanol–water partition coefficient (Wildman–Crippen LogP) is 1.98. The quantitative estimate of drug-likeness (QED) is 0.526. The average molecular weight is 501 g/mol. The van der Waals surface area contributed by atoms with E-state index in [1.165, 1.54) is 12.3 Å². The molecule has 3 aromatic rings. The Balaban J connectivity index is 1.56. The third kappa shape index (κ3) is 3.46. The molecule has 184 valence electrons. The van der Waals surface area contributed by atoms with Gasteiger partial charge in [0, 0.05) is 37.2 Å². The van der Waals surface area contributed by atoms with Crippen molar-refractivity contribution in [2.75, 3.05) is 30.9 Å². The molecule has 1 N–H and O–H groups in total. The van der Waals surface area contributed by atoms with Crippen LogP contribution >= 0.6 is 0 Å². The summed E-state index contributed by atoms with van der Waals surface area (Å²) >= 11 is 0. The molecule has 4 atom stereocenters. The zero-order valence-electron chi connectivity index (χ0n) is 19.5. The number of fused-ring (bicyclic) bond motifs is 5. The minimum atomic E-state index is -3.63. The van der Waals surface area contributed by atoms with E-state index in [9.17, 15) is 8.42 Å². The lowest BCUT2D eigenvalue weighted by Gasteiger charge is -2.56. The zero-order valence-corrected chi connectivity index (χ0v) is 20.3. The highest BCUT2D eigenvalue weighted by Gasteiger charge is 2.52. The molecule has 1 saturated heterocycles. The second kappa shape index (κ2) is 7.77. The Morgan fingerprint density at radius 3 is 2.89 bits per heavy atom. The maximum atomic E-state index is 16.1. The second-order valence-corrected chi connectivity index (χ2v) is 11.6. The van der Waals surface area contributed by atoms with Crippen LogP contribution in [0.3, 0.4) is 0 Å². The van der Waals surface area contributed by atoms with Crippen LogP contribution in [0.4, 0.5) is 10.1 Å². The number of sulfone groups is 1. The Bertz CT molecular complexity index is 1470. The van der Waals surface area contributed by atoms with E-state index in [0.717, 1.165) is 11.8 Å². The van der Waals surface area contributed by atoms with Gasteiger partial charge in [-0.05, 0) is 38.0 Å². The maximum Gasteiger partial charge on any atom is 0.247 e. The van der Waals surface area contributed by atoms with Crippen LogP contribution in [-0.4, -0.2) is 74.0 Å². The third-order valence-corrected chi connectivity index (χ3v) is 7.91. The highest BCUT2D eigenvalue weighted by Crippen LogP contribution is 2.48. The van der Waals surface area contributed by atoms with Crippen LogP contribution < -0.4 is 10.2 Å². The number of aromatic nitrogens is 3. The molecular weight excluding hydrogens is 475 g/mol. The monoisotopic (exact) mass is 500 g/mol. The van der Waals surface area contributed by atoms with Gasteiger partial charge in [0.25, 0.3) is 0 Å². The van der Waals surface area contributed by atoms with Gasteiger partial charge in [-0.1, -0.05) is 5.16 Å². The minimum Gasteiger partial charge on any atom is -0.372 e. The Hall–Kier alpha value is -2.96. The molecule has 1 aromatic carbocycles. The highest BCUT2D eigenvalue weighted by atomic mass is 32.2. The van der Waals surface area contributed by atoms with Crippen molar-refractivity contribution >= 4 is 32.7 Å². The first-order chi connectivity index (χ1) is 16.7. The summed E-state index contributed by atoms with van der Waals surface area (Å²) in [4.78, 5) is 14.6. The van der Waals surface area contributed by atoms with E-state index >= 15 is 4.39 Å². The first-order valence-corrected chi connectivity index (χ1v) is 13.4. The Morgan fingerprint density at radius 1 is 1.31 bits per heavy atom. The van der Waals surface area contributed by atoms with Crippen molar-refractivity contribution in [1.29, 1.82) is 0 Å². The molecule has 1 fully saturated rings. The van der Waals surface area contributed by atoms with Crippen molar-refractivity contribution in [3.63, 3.8) is 0 Å². The highest BCUT2D eigenvalue weighted by molar-refractivity contribution is 7.90. The Labute approximate surface area is 201 Å². The van der Waals surface area contributed by atoms with Gasteiger partial charge in [-0.3, -0.25) is 10.3 Å². The molecule has 0 aliphatic carbocycles. The van der Waals surface area contributed by atoms with Gasteiger partial charge in [0.1, 0.15) is 5.69 Å². The number of nitrogens with zero attached hydrogens (tertiary/aromatic N) is 5.